The minimum Gasteiger partial charge on any atom is -0.390 e. The Labute approximate surface area is 128 Å². The zero-order valence-electron chi connectivity index (χ0n) is 12.6. The molecular formula is C16H19N3O3. The van der Waals surface area contributed by atoms with Gasteiger partial charge in [0.15, 0.2) is 5.76 Å². The monoisotopic (exact) mass is 301 g/mol. The van der Waals surface area contributed by atoms with Gasteiger partial charge in [-0.1, -0.05) is 36.3 Å². The molecule has 22 heavy (non-hydrogen) atoms. The molecule has 3 rings (SSSR count). The number of aliphatic hydroxyl groups is 1. The average molecular weight is 301 g/mol. The number of benzene rings is 1. The van der Waals surface area contributed by atoms with Crippen LogP contribution < -0.4 is 10.6 Å². The van der Waals surface area contributed by atoms with Gasteiger partial charge in [-0.3, -0.25) is 0 Å². The number of hydrogen-bond donors (Lipinski definition) is 3. The van der Waals surface area contributed by atoms with Gasteiger partial charge in [0.05, 0.1) is 12.1 Å². The van der Waals surface area contributed by atoms with E-state index in [4.69, 9.17) is 4.52 Å². The molecule has 1 aliphatic carbocycles. The topological polar surface area (TPSA) is 87.4 Å². The lowest BCUT2D eigenvalue weighted by atomic mass is 10.1. The van der Waals surface area contributed by atoms with Crippen LogP contribution in [0.15, 0.2) is 28.8 Å². The second-order valence-electron chi connectivity index (χ2n) is 5.46. The highest BCUT2D eigenvalue weighted by atomic mass is 16.5. The number of hydrogen-bond acceptors (Lipinski definition) is 4. The SMILES string of the molecule is CCc1noc(C)c1NC(=O)N[C@H]1c2ccccc2C[C@H]1O. The van der Waals surface area contributed by atoms with E-state index < -0.39 is 12.1 Å². The van der Waals surface area contributed by atoms with Crippen molar-refractivity contribution in [1.29, 1.82) is 0 Å². The van der Waals surface area contributed by atoms with Gasteiger partial charge >= 0.3 is 6.03 Å². The van der Waals surface area contributed by atoms with Crippen molar-refractivity contribution < 1.29 is 14.4 Å². The van der Waals surface area contributed by atoms with E-state index >= 15 is 0 Å². The predicted octanol–water partition coefficient (Wildman–Crippen LogP) is 2.33. The maximum atomic E-state index is 12.2. The third kappa shape index (κ3) is 2.57. The lowest BCUT2D eigenvalue weighted by Gasteiger charge is -2.18. The fourth-order valence-electron chi connectivity index (χ4n) is 2.86. The smallest absolute Gasteiger partial charge is 0.319 e. The van der Waals surface area contributed by atoms with Crippen LogP contribution in [-0.2, 0) is 12.8 Å². The number of carbonyl (C=O) groups excluding carboxylic acids is 1. The molecule has 2 atom stereocenters. The summed E-state index contributed by atoms with van der Waals surface area (Å²) < 4.78 is 5.09. The Morgan fingerprint density at radius 2 is 2.23 bits per heavy atom. The number of aromatic nitrogens is 1. The predicted molar refractivity (Wildman–Crippen MR) is 81.7 cm³/mol. The number of urea groups is 1. The molecular weight excluding hydrogens is 282 g/mol. The molecule has 0 saturated heterocycles. The van der Waals surface area contributed by atoms with Gasteiger partial charge in [-0.2, -0.15) is 0 Å². The maximum absolute atomic E-state index is 12.2. The van der Waals surface area contributed by atoms with E-state index in [1.54, 1.807) is 6.92 Å². The summed E-state index contributed by atoms with van der Waals surface area (Å²) in [6.07, 6.45) is 0.604. The van der Waals surface area contributed by atoms with Crippen molar-refractivity contribution in [2.24, 2.45) is 0 Å². The fourth-order valence-corrected chi connectivity index (χ4v) is 2.86. The summed E-state index contributed by atoms with van der Waals surface area (Å²) in [6, 6.07) is 6.96. The molecule has 0 bridgehead atoms. The fraction of sp³-hybridized carbons (Fsp3) is 0.375. The molecule has 2 aromatic rings. The molecule has 116 valence electrons. The van der Waals surface area contributed by atoms with E-state index in [1.165, 1.54) is 0 Å². The molecule has 1 aromatic carbocycles. The van der Waals surface area contributed by atoms with Crippen molar-refractivity contribution in [3.8, 4) is 0 Å². The van der Waals surface area contributed by atoms with E-state index in [0.29, 0.717) is 30.0 Å². The van der Waals surface area contributed by atoms with Gasteiger partial charge in [-0.05, 0) is 24.5 Å². The number of carbonyl (C=O) groups is 1. The van der Waals surface area contributed by atoms with Crippen LogP contribution in [0.5, 0.6) is 0 Å². The number of anilines is 1. The van der Waals surface area contributed by atoms with E-state index in [9.17, 15) is 9.90 Å². The van der Waals surface area contributed by atoms with Gasteiger partial charge in [0.25, 0.3) is 0 Å². The van der Waals surface area contributed by atoms with Gasteiger partial charge in [0, 0.05) is 6.42 Å². The third-order valence-corrected chi connectivity index (χ3v) is 4.00. The standard InChI is InChI=1S/C16H19N3O3/c1-3-12-14(9(2)22-19-12)17-16(21)18-15-11-7-5-4-6-10(11)8-13(15)20/h4-7,13,15,20H,3,8H2,1-2H3,(H2,17,18,21)/t13-,15+/m1/s1. The van der Waals surface area contributed by atoms with Crippen LogP contribution in [-0.4, -0.2) is 22.4 Å². The van der Waals surface area contributed by atoms with Crippen molar-refractivity contribution in [3.63, 3.8) is 0 Å². The summed E-state index contributed by atoms with van der Waals surface area (Å²) >= 11 is 0. The number of fused-ring (bicyclic) bond motifs is 1. The highest BCUT2D eigenvalue weighted by Crippen LogP contribution is 2.31. The van der Waals surface area contributed by atoms with Crippen LogP contribution in [0.25, 0.3) is 0 Å². The molecule has 0 unspecified atom stereocenters. The van der Waals surface area contributed by atoms with Crippen molar-refractivity contribution in [3.05, 3.63) is 46.8 Å². The number of amides is 2. The normalized spacial score (nSPS) is 19.8. The van der Waals surface area contributed by atoms with Crippen molar-refractivity contribution in [1.82, 2.24) is 10.5 Å². The largest absolute Gasteiger partial charge is 0.390 e. The Bertz CT molecular complexity index is 696. The quantitative estimate of drug-likeness (QED) is 0.812. The molecule has 0 aliphatic heterocycles. The van der Waals surface area contributed by atoms with Crippen LogP contribution in [0.1, 0.15) is 35.5 Å². The van der Waals surface area contributed by atoms with Crippen molar-refractivity contribution >= 4 is 11.7 Å². The molecule has 6 nitrogen and oxygen atoms in total. The van der Waals surface area contributed by atoms with Crippen molar-refractivity contribution in [2.45, 2.75) is 38.8 Å². The first kappa shape index (κ1) is 14.6. The Morgan fingerprint density at radius 1 is 1.45 bits per heavy atom. The van der Waals surface area contributed by atoms with E-state index in [2.05, 4.69) is 15.8 Å². The Kier molecular flexibility index (Phi) is 3.85. The second-order valence-corrected chi connectivity index (χ2v) is 5.46. The van der Waals surface area contributed by atoms with Crippen LogP contribution >= 0.6 is 0 Å². The second kappa shape index (κ2) is 5.81. The highest BCUT2D eigenvalue weighted by Gasteiger charge is 2.32. The van der Waals surface area contributed by atoms with Crippen LogP contribution in [0.2, 0.25) is 0 Å². The molecule has 1 aliphatic rings. The summed E-state index contributed by atoms with van der Waals surface area (Å²) in [4.78, 5) is 12.2. The molecule has 0 radical (unpaired) electrons. The molecule has 1 heterocycles. The first-order chi connectivity index (χ1) is 10.6. The van der Waals surface area contributed by atoms with Crippen molar-refractivity contribution in [2.75, 3.05) is 5.32 Å². The average Bonchev–Trinajstić information content (AvgIpc) is 3.01. The van der Waals surface area contributed by atoms with Gasteiger partial charge in [-0.25, -0.2) is 4.79 Å². The summed E-state index contributed by atoms with van der Waals surface area (Å²) in [5, 5.41) is 19.7. The number of aryl methyl sites for hydroxylation is 2. The number of rotatable bonds is 3. The summed E-state index contributed by atoms with van der Waals surface area (Å²) in [5.41, 5.74) is 3.33. The lowest BCUT2D eigenvalue weighted by molar-refractivity contribution is 0.144. The minimum absolute atomic E-state index is 0.373. The van der Waals surface area contributed by atoms with E-state index in [-0.39, 0.29) is 6.03 Å². The van der Waals surface area contributed by atoms with Gasteiger partial charge < -0.3 is 20.3 Å². The van der Waals surface area contributed by atoms with Crippen LogP contribution in [0, 0.1) is 6.92 Å². The summed E-state index contributed by atoms with van der Waals surface area (Å²) in [6.45, 7) is 3.69. The maximum Gasteiger partial charge on any atom is 0.319 e. The molecule has 2 amide bonds. The Hall–Kier alpha value is -2.34. The molecule has 1 aromatic heterocycles. The third-order valence-electron chi connectivity index (χ3n) is 4.00. The first-order valence-corrected chi connectivity index (χ1v) is 7.38. The minimum atomic E-state index is -0.614. The van der Waals surface area contributed by atoms with Gasteiger partial charge in [0.2, 0.25) is 0 Å². The summed E-state index contributed by atoms with van der Waals surface area (Å²) in [7, 11) is 0. The zero-order chi connectivity index (χ0) is 15.7. The molecule has 0 fully saturated rings. The van der Waals surface area contributed by atoms with Crippen LogP contribution in [0.4, 0.5) is 10.5 Å². The van der Waals surface area contributed by atoms with Gasteiger partial charge in [-0.15, -0.1) is 0 Å². The molecule has 6 heteroatoms. The highest BCUT2D eigenvalue weighted by molar-refractivity contribution is 5.90. The molecule has 3 N–H and O–H groups in total. The van der Waals surface area contributed by atoms with E-state index in [0.717, 1.165) is 11.1 Å². The first-order valence-electron chi connectivity index (χ1n) is 7.38. The molecule has 0 spiro atoms. The van der Waals surface area contributed by atoms with Gasteiger partial charge in [0.1, 0.15) is 11.4 Å². The number of aliphatic hydroxyl groups excluding tert-OH is 1. The van der Waals surface area contributed by atoms with Crippen LogP contribution in [0.3, 0.4) is 0 Å². The zero-order valence-corrected chi connectivity index (χ0v) is 12.6. The lowest BCUT2D eigenvalue weighted by Crippen LogP contribution is -2.37. The Morgan fingerprint density at radius 3 is 3.00 bits per heavy atom. The Balaban J connectivity index is 1.74. The summed E-state index contributed by atoms with van der Waals surface area (Å²) in [5.74, 6) is 0.569. The number of nitrogens with zero attached hydrogens (tertiary/aromatic N) is 1. The van der Waals surface area contributed by atoms with E-state index in [1.807, 2.05) is 31.2 Å². The molecule has 0 saturated carbocycles. The number of nitrogens with one attached hydrogen (secondary N) is 2.